The van der Waals surface area contributed by atoms with E-state index in [2.05, 4.69) is 0 Å². The van der Waals surface area contributed by atoms with Crippen LogP contribution in [0.15, 0.2) is 18.2 Å². The topological polar surface area (TPSA) is 89.8 Å². The lowest BCUT2D eigenvalue weighted by Crippen LogP contribution is -2.29. The van der Waals surface area contributed by atoms with Crippen molar-refractivity contribution in [2.75, 3.05) is 19.7 Å². The van der Waals surface area contributed by atoms with Crippen molar-refractivity contribution in [2.45, 2.75) is 12.8 Å². The molecule has 1 fully saturated rings. The van der Waals surface area contributed by atoms with Gasteiger partial charge in [-0.1, -0.05) is 11.6 Å². The van der Waals surface area contributed by atoms with Gasteiger partial charge in [0.1, 0.15) is 12.2 Å². The molecule has 0 spiro atoms. The Balaban J connectivity index is 1.97. The number of hydrogen-bond acceptors (Lipinski definition) is 5. The smallest absolute Gasteiger partial charge is 0.345 e. The summed E-state index contributed by atoms with van der Waals surface area (Å²) in [7, 11) is 0. The monoisotopic (exact) mass is 312 g/mol. The number of nitrogens with zero attached hydrogens (tertiary/aromatic N) is 2. The molecule has 1 aliphatic heterocycles. The summed E-state index contributed by atoms with van der Waals surface area (Å²) in [5, 5.41) is 11.1. The minimum absolute atomic E-state index is 0.00432. The maximum absolute atomic E-state index is 11.9. The van der Waals surface area contributed by atoms with Crippen molar-refractivity contribution >= 4 is 29.2 Å². The summed E-state index contributed by atoms with van der Waals surface area (Å²) in [6, 6.07) is 3.74. The van der Waals surface area contributed by atoms with E-state index in [4.69, 9.17) is 16.3 Å². The summed E-state index contributed by atoms with van der Waals surface area (Å²) in [6.45, 7) is 0.952. The Bertz CT molecular complexity index is 590. The highest BCUT2D eigenvalue weighted by Crippen LogP contribution is 2.23. The fourth-order valence-corrected chi connectivity index (χ4v) is 2.26. The molecule has 1 heterocycles. The third-order valence-corrected chi connectivity index (χ3v) is 3.38. The van der Waals surface area contributed by atoms with E-state index >= 15 is 0 Å². The average molecular weight is 313 g/mol. The number of benzene rings is 1. The Morgan fingerprint density at radius 1 is 1.48 bits per heavy atom. The quantitative estimate of drug-likeness (QED) is 0.471. The van der Waals surface area contributed by atoms with Crippen molar-refractivity contribution in [1.29, 1.82) is 0 Å². The van der Waals surface area contributed by atoms with E-state index in [-0.39, 0.29) is 23.1 Å². The first-order chi connectivity index (χ1) is 9.99. The van der Waals surface area contributed by atoms with E-state index in [1.54, 1.807) is 4.90 Å². The molecule has 21 heavy (non-hydrogen) atoms. The minimum atomic E-state index is -0.801. The third kappa shape index (κ3) is 3.69. The number of likely N-dealkylation sites (tertiary alicyclic amines) is 1. The summed E-state index contributed by atoms with van der Waals surface area (Å²) in [5.74, 6) is -0.770. The highest BCUT2D eigenvalue weighted by Gasteiger charge is 2.23. The highest BCUT2D eigenvalue weighted by molar-refractivity contribution is 6.31. The van der Waals surface area contributed by atoms with Crippen LogP contribution in [-0.4, -0.2) is 41.4 Å². The lowest BCUT2D eigenvalue weighted by atomic mass is 10.2. The van der Waals surface area contributed by atoms with E-state index in [1.807, 2.05) is 0 Å². The number of ether oxygens (including phenoxy) is 1. The molecule has 0 aromatic heterocycles. The Hall–Kier alpha value is -2.15. The van der Waals surface area contributed by atoms with Gasteiger partial charge in [-0.25, -0.2) is 4.79 Å². The minimum Gasteiger partial charge on any atom is -0.460 e. The maximum atomic E-state index is 11.9. The number of carbonyl (C=O) groups excluding carboxylic acids is 2. The van der Waals surface area contributed by atoms with E-state index < -0.39 is 16.6 Å². The number of halogens is 1. The van der Waals surface area contributed by atoms with Gasteiger partial charge < -0.3 is 9.64 Å². The molecule has 112 valence electrons. The fraction of sp³-hybridized carbons (Fsp3) is 0.385. The van der Waals surface area contributed by atoms with Crippen LogP contribution in [0.2, 0.25) is 5.02 Å². The first-order valence-electron chi connectivity index (χ1n) is 6.38. The number of nitro groups is 1. The molecular weight excluding hydrogens is 300 g/mol. The van der Waals surface area contributed by atoms with Gasteiger partial charge >= 0.3 is 5.97 Å². The lowest BCUT2D eigenvalue weighted by molar-refractivity contribution is -0.385. The predicted molar refractivity (Wildman–Crippen MR) is 74.2 cm³/mol. The van der Waals surface area contributed by atoms with Crippen LogP contribution in [0.25, 0.3) is 0 Å². The maximum Gasteiger partial charge on any atom is 0.345 e. The van der Waals surface area contributed by atoms with Gasteiger partial charge in [-0.2, -0.15) is 0 Å². The summed E-state index contributed by atoms with van der Waals surface area (Å²) < 4.78 is 4.99. The molecule has 2 rings (SSSR count). The first kappa shape index (κ1) is 15.2. The molecule has 1 aromatic rings. The number of esters is 1. The van der Waals surface area contributed by atoms with Gasteiger partial charge in [0, 0.05) is 24.1 Å². The molecule has 0 saturated carbocycles. The molecular formula is C13H13ClN2O5. The lowest BCUT2D eigenvalue weighted by Gasteiger charge is -2.15. The van der Waals surface area contributed by atoms with Crippen LogP contribution in [0.4, 0.5) is 5.69 Å². The molecule has 0 unspecified atom stereocenters. The van der Waals surface area contributed by atoms with E-state index in [0.29, 0.717) is 19.5 Å². The fourth-order valence-electron chi connectivity index (χ4n) is 2.10. The number of rotatable bonds is 5. The number of carbonyl (C=O) groups is 2. The van der Waals surface area contributed by atoms with Crippen molar-refractivity contribution in [3.8, 4) is 0 Å². The van der Waals surface area contributed by atoms with Gasteiger partial charge in [0.05, 0.1) is 11.5 Å². The molecule has 1 aliphatic rings. The largest absolute Gasteiger partial charge is 0.460 e. The van der Waals surface area contributed by atoms with Crippen LogP contribution in [0, 0.1) is 10.1 Å². The van der Waals surface area contributed by atoms with Crippen molar-refractivity contribution in [1.82, 2.24) is 4.90 Å². The molecule has 1 saturated heterocycles. The van der Waals surface area contributed by atoms with E-state index in [9.17, 15) is 19.7 Å². The van der Waals surface area contributed by atoms with Crippen LogP contribution in [0.3, 0.4) is 0 Å². The van der Waals surface area contributed by atoms with Crippen LogP contribution in [0.5, 0.6) is 0 Å². The number of nitro benzene ring substituents is 1. The molecule has 7 nitrogen and oxygen atoms in total. The van der Waals surface area contributed by atoms with Crippen LogP contribution in [-0.2, 0) is 9.53 Å². The molecule has 0 N–H and O–H groups in total. The Morgan fingerprint density at radius 3 is 2.86 bits per heavy atom. The normalized spacial score (nSPS) is 14.3. The molecule has 8 heteroatoms. The van der Waals surface area contributed by atoms with Crippen molar-refractivity contribution in [3.63, 3.8) is 0 Å². The van der Waals surface area contributed by atoms with E-state index in [0.717, 1.165) is 12.5 Å². The van der Waals surface area contributed by atoms with Crippen LogP contribution >= 0.6 is 11.6 Å². The van der Waals surface area contributed by atoms with Crippen LogP contribution < -0.4 is 0 Å². The SMILES string of the molecule is O=C(OCCN1CCCC1=O)c1ccc(Cl)cc1[N+](=O)[O-]. The number of hydrogen-bond donors (Lipinski definition) is 0. The zero-order valence-corrected chi connectivity index (χ0v) is 11.8. The summed E-state index contributed by atoms with van der Waals surface area (Å²) >= 11 is 5.67. The first-order valence-corrected chi connectivity index (χ1v) is 6.75. The molecule has 1 aromatic carbocycles. The zero-order valence-electron chi connectivity index (χ0n) is 11.1. The van der Waals surface area contributed by atoms with Gasteiger partial charge in [-0.3, -0.25) is 14.9 Å². The standard InChI is InChI=1S/C13H13ClN2O5/c14-9-3-4-10(11(8-9)16(19)20)13(18)21-7-6-15-5-1-2-12(15)17/h3-4,8H,1-2,5-7H2. The molecule has 1 amide bonds. The highest BCUT2D eigenvalue weighted by atomic mass is 35.5. The van der Waals surface area contributed by atoms with Gasteiger partial charge in [-0.15, -0.1) is 0 Å². The number of amides is 1. The van der Waals surface area contributed by atoms with Crippen molar-refractivity contribution in [3.05, 3.63) is 38.9 Å². The Morgan fingerprint density at radius 2 is 2.24 bits per heavy atom. The van der Waals surface area contributed by atoms with Gasteiger partial charge in [0.25, 0.3) is 5.69 Å². The van der Waals surface area contributed by atoms with Gasteiger partial charge in [-0.05, 0) is 18.6 Å². The second kappa shape index (κ2) is 6.53. The van der Waals surface area contributed by atoms with Crippen LogP contribution in [0.1, 0.15) is 23.2 Å². The van der Waals surface area contributed by atoms with Gasteiger partial charge in [0.2, 0.25) is 5.91 Å². The average Bonchev–Trinajstić information content (AvgIpc) is 2.84. The summed E-state index contributed by atoms with van der Waals surface area (Å²) in [6.07, 6.45) is 1.31. The van der Waals surface area contributed by atoms with Gasteiger partial charge in [0.15, 0.2) is 0 Å². The Labute approximate surface area is 125 Å². The molecule has 0 bridgehead atoms. The summed E-state index contributed by atoms with van der Waals surface area (Å²) in [4.78, 5) is 35.0. The second-order valence-corrected chi connectivity index (χ2v) is 4.98. The molecule has 0 atom stereocenters. The molecule has 0 radical (unpaired) electrons. The van der Waals surface area contributed by atoms with E-state index in [1.165, 1.54) is 12.1 Å². The second-order valence-electron chi connectivity index (χ2n) is 4.54. The summed E-state index contributed by atoms with van der Waals surface area (Å²) in [5.41, 5.74) is -0.554. The van der Waals surface area contributed by atoms with Crippen molar-refractivity contribution < 1.29 is 19.2 Å². The third-order valence-electron chi connectivity index (χ3n) is 3.14. The van der Waals surface area contributed by atoms with Crippen molar-refractivity contribution in [2.24, 2.45) is 0 Å². The zero-order chi connectivity index (χ0) is 15.4. The predicted octanol–water partition coefficient (Wildman–Crippen LogP) is 2.03. The Kier molecular flexibility index (Phi) is 4.74. The molecule has 0 aliphatic carbocycles.